The van der Waals surface area contributed by atoms with Gasteiger partial charge in [0.25, 0.3) is 0 Å². The number of benzene rings is 1. The number of alkyl halides is 2. The monoisotopic (exact) mass is 728 g/mol. The van der Waals surface area contributed by atoms with Crippen LogP contribution in [0.25, 0.3) is 0 Å². The molecule has 0 radical (unpaired) electrons. The highest BCUT2D eigenvalue weighted by molar-refractivity contribution is 7.34. The Morgan fingerprint density at radius 1 is 1.10 bits per heavy atom. The van der Waals surface area contributed by atoms with E-state index in [0.29, 0.717) is 4.57 Å². The number of rotatable bonds is 13. The van der Waals surface area contributed by atoms with Crippen molar-refractivity contribution in [1.82, 2.24) is 20.2 Å². The van der Waals surface area contributed by atoms with Gasteiger partial charge in [0.2, 0.25) is 6.23 Å². The van der Waals surface area contributed by atoms with E-state index < -0.39 is 92.1 Å². The standard InChI is InChI=1S/C31H43F2N6O10P/c1-16(2)21(37-29(43)48-30(6,7)8)26(41)47-23-22(46-27(31(23,32)33)39-15-14-20(34)36-28(39)42)24(35-18(5)25(40)45-17(3)4)38-50(44)49-19-12-10-9-11-13-19/h9-18,21-24,27,35H,1-8H3,(H,37,43)(H2,34,36,42)/t18-,21-,22-,23+,24+,27?/m0/s1. The molecule has 2 heterocycles. The summed E-state index contributed by atoms with van der Waals surface area (Å²) in [5.41, 5.74) is 3.38. The Balaban J connectivity index is 2.11. The Labute approximate surface area is 288 Å². The fourth-order valence-corrected chi connectivity index (χ4v) is 5.34. The van der Waals surface area contributed by atoms with Gasteiger partial charge in [0.1, 0.15) is 29.6 Å². The molecule has 0 spiro atoms. The number of ether oxygens (including phenoxy) is 4. The number of hydrogen-bond acceptors (Lipinski definition) is 14. The van der Waals surface area contributed by atoms with Crippen LogP contribution in [0.1, 0.15) is 61.6 Å². The van der Waals surface area contributed by atoms with Crippen molar-refractivity contribution in [3.05, 3.63) is 53.1 Å². The largest absolute Gasteiger partial charge is 0.575 e. The van der Waals surface area contributed by atoms with Gasteiger partial charge in [-0.15, -0.1) is 0 Å². The molecule has 1 aromatic carbocycles. The number of nitrogen functional groups attached to an aromatic ring is 1. The number of hydrogen-bond donors (Lipinski definition) is 3. The van der Waals surface area contributed by atoms with Crippen molar-refractivity contribution >= 4 is 32.0 Å². The van der Waals surface area contributed by atoms with Gasteiger partial charge in [0.15, 0.2) is 18.0 Å². The molecule has 3 rings (SSSR count). The Hall–Kier alpha value is -4.25. The summed E-state index contributed by atoms with van der Waals surface area (Å²) in [6.07, 6.45) is -9.55. The molecule has 0 bridgehead atoms. The molecule has 1 aromatic heterocycles. The SMILES string of the molecule is CC(C)OC(=O)[C@H](C)N[C@H](N=[P+]([O-])Oc1ccccc1)[C@H]1OC(n2ccc(N)nc2=O)C(F)(F)[C@@H]1OC(=O)[C@@H](NC(=O)OC(C)(C)C)C(C)C. The number of carbonyl (C=O) groups is 3. The first kappa shape index (κ1) is 40.2. The van der Waals surface area contributed by atoms with Crippen molar-refractivity contribution in [1.29, 1.82) is 0 Å². The highest BCUT2D eigenvalue weighted by Crippen LogP contribution is 2.46. The molecule has 0 aliphatic carbocycles. The summed E-state index contributed by atoms with van der Waals surface area (Å²) in [6, 6.07) is 6.11. The number of nitrogens with zero attached hydrogens (tertiary/aromatic N) is 3. The Kier molecular flexibility index (Phi) is 13.4. The van der Waals surface area contributed by atoms with E-state index in [4.69, 9.17) is 29.2 Å². The van der Waals surface area contributed by atoms with Crippen LogP contribution in [-0.2, 0) is 28.5 Å². The lowest BCUT2D eigenvalue weighted by Gasteiger charge is -2.30. The van der Waals surface area contributed by atoms with Gasteiger partial charge in [-0.2, -0.15) is 13.8 Å². The minimum absolute atomic E-state index is 0.120. The van der Waals surface area contributed by atoms with E-state index in [0.717, 1.165) is 12.3 Å². The highest BCUT2D eigenvalue weighted by atomic mass is 31.1. The number of nitrogens with two attached hydrogens (primary N) is 1. The number of esters is 2. The number of halogens is 2. The van der Waals surface area contributed by atoms with Crippen molar-refractivity contribution < 1.29 is 51.5 Å². The Morgan fingerprint density at radius 2 is 1.74 bits per heavy atom. The summed E-state index contributed by atoms with van der Waals surface area (Å²) < 4.78 is 64.4. The molecular weight excluding hydrogens is 685 g/mol. The second-order valence-electron chi connectivity index (χ2n) is 13.0. The number of anilines is 1. The van der Waals surface area contributed by atoms with Crippen molar-refractivity contribution in [2.75, 3.05) is 5.73 Å². The van der Waals surface area contributed by atoms with E-state index in [1.54, 1.807) is 52.8 Å². The van der Waals surface area contributed by atoms with Crippen LogP contribution in [0, 0.1) is 5.92 Å². The van der Waals surface area contributed by atoms with E-state index in [1.807, 2.05) is 0 Å². The van der Waals surface area contributed by atoms with Gasteiger partial charge in [-0.05, 0) is 65.7 Å². The molecule has 1 fully saturated rings. The number of aromatic nitrogens is 2. The molecule has 16 nitrogen and oxygen atoms in total. The lowest BCUT2D eigenvalue weighted by molar-refractivity contribution is -0.179. The maximum atomic E-state index is 16.5. The molecule has 7 atom stereocenters. The zero-order chi connectivity index (χ0) is 37.6. The zero-order valence-corrected chi connectivity index (χ0v) is 29.8. The Bertz CT molecular complexity index is 1590. The van der Waals surface area contributed by atoms with Crippen LogP contribution in [0.2, 0.25) is 0 Å². The molecule has 19 heteroatoms. The molecule has 2 unspecified atom stereocenters. The second kappa shape index (κ2) is 16.6. The lowest BCUT2D eigenvalue weighted by atomic mass is 10.0. The van der Waals surface area contributed by atoms with Crippen molar-refractivity contribution in [2.45, 2.75) is 110 Å². The summed E-state index contributed by atoms with van der Waals surface area (Å²) in [5.74, 6) is -7.18. The summed E-state index contributed by atoms with van der Waals surface area (Å²) in [5, 5.41) is 4.99. The predicted molar refractivity (Wildman–Crippen MR) is 174 cm³/mol. The van der Waals surface area contributed by atoms with E-state index >= 15 is 8.78 Å². The molecule has 1 amide bonds. The number of amides is 1. The maximum absolute atomic E-state index is 16.5. The normalized spacial score (nSPS) is 20.9. The van der Waals surface area contributed by atoms with Crippen LogP contribution in [0.5, 0.6) is 5.75 Å². The smallest absolute Gasteiger partial charge is 0.408 e. The first-order valence-electron chi connectivity index (χ1n) is 15.6. The molecule has 50 heavy (non-hydrogen) atoms. The molecular formula is C31H43F2N6O10P. The van der Waals surface area contributed by atoms with Crippen LogP contribution in [0.3, 0.4) is 0 Å². The van der Waals surface area contributed by atoms with Gasteiger partial charge in [0.05, 0.1) is 6.10 Å². The van der Waals surface area contributed by atoms with E-state index in [9.17, 15) is 24.1 Å². The van der Waals surface area contributed by atoms with Crippen molar-refractivity contribution in [3.63, 3.8) is 0 Å². The molecule has 1 aliphatic heterocycles. The topological polar surface area (TPSA) is 218 Å². The quantitative estimate of drug-likeness (QED) is 0.154. The van der Waals surface area contributed by atoms with Gasteiger partial charge in [-0.1, -0.05) is 36.8 Å². The molecule has 1 aliphatic rings. The van der Waals surface area contributed by atoms with Crippen LogP contribution in [-0.4, -0.2) is 75.7 Å². The fourth-order valence-electron chi connectivity index (χ4n) is 4.59. The fraction of sp³-hybridized carbons (Fsp3) is 0.581. The van der Waals surface area contributed by atoms with Gasteiger partial charge in [-0.3, -0.25) is 19.2 Å². The molecule has 2 aromatic rings. The molecule has 1 saturated heterocycles. The number of para-hydroxylation sites is 1. The average molecular weight is 729 g/mol. The summed E-state index contributed by atoms with van der Waals surface area (Å²) >= 11 is 0. The van der Waals surface area contributed by atoms with Crippen LogP contribution in [0.4, 0.5) is 19.4 Å². The third-order valence-corrected chi connectivity index (χ3v) is 7.62. The lowest BCUT2D eigenvalue weighted by Crippen LogP contribution is -2.55. The maximum Gasteiger partial charge on any atom is 0.408 e. The minimum atomic E-state index is -4.21. The van der Waals surface area contributed by atoms with Crippen molar-refractivity contribution in [3.8, 4) is 5.75 Å². The third kappa shape index (κ3) is 10.9. The number of carbonyl (C=O) groups excluding carboxylic acids is 3. The average Bonchev–Trinajstić information content (AvgIpc) is 3.23. The van der Waals surface area contributed by atoms with E-state index in [1.165, 1.54) is 32.9 Å². The van der Waals surface area contributed by atoms with Crippen LogP contribution < -0.4 is 31.5 Å². The van der Waals surface area contributed by atoms with Crippen LogP contribution >= 0.6 is 8.17 Å². The third-order valence-electron chi connectivity index (χ3n) is 6.82. The summed E-state index contributed by atoms with van der Waals surface area (Å²) in [4.78, 5) is 68.3. The zero-order valence-electron chi connectivity index (χ0n) is 28.9. The molecule has 0 saturated carbocycles. The Morgan fingerprint density at radius 3 is 2.30 bits per heavy atom. The van der Waals surface area contributed by atoms with Crippen LogP contribution in [0.15, 0.2) is 52.1 Å². The summed E-state index contributed by atoms with van der Waals surface area (Å²) in [6.45, 7) is 12.3. The van der Waals surface area contributed by atoms with E-state index in [2.05, 4.69) is 20.4 Å². The minimum Gasteiger partial charge on any atom is -0.575 e. The van der Waals surface area contributed by atoms with Gasteiger partial charge >= 0.3 is 37.8 Å². The predicted octanol–water partition coefficient (Wildman–Crippen LogP) is 3.01. The highest BCUT2D eigenvalue weighted by Gasteiger charge is 2.65. The number of alkyl carbamates (subject to hydrolysis) is 1. The first-order chi connectivity index (χ1) is 23.2. The van der Waals surface area contributed by atoms with Gasteiger partial charge in [0, 0.05) is 6.20 Å². The molecule has 4 N–H and O–H groups in total. The van der Waals surface area contributed by atoms with E-state index in [-0.39, 0.29) is 11.6 Å². The van der Waals surface area contributed by atoms with Crippen molar-refractivity contribution in [2.24, 2.45) is 10.7 Å². The molecule has 276 valence electrons. The second-order valence-corrected chi connectivity index (χ2v) is 13.9. The van der Waals surface area contributed by atoms with Gasteiger partial charge in [-0.25, -0.2) is 14.4 Å². The van der Waals surface area contributed by atoms with Gasteiger partial charge < -0.3 is 34.9 Å². The number of nitrogens with one attached hydrogen (secondary N) is 2. The first-order valence-corrected chi connectivity index (χ1v) is 16.8. The summed E-state index contributed by atoms with van der Waals surface area (Å²) in [7, 11) is -3.05.